The molecule has 0 aliphatic rings. The van der Waals surface area contributed by atoms with E-state index in [1.165, 1.54) is 0 Å². The van der Waals surface area contributed by atoms with E-state index in [4.69, 9.17) is 34.8 Å². The summed E-state index contributed by atoms with van der Waals surface area (Å²) in [6, 6.07) is 13.1. The van der Waals surface area contributed by atoms with Gasteiger partial charge in [0, 0.05) is 22.7 Å². The molecule has 108 valence electrons. The zero-order valence-corrected chi connectivity index (χ0v) is 14.0. The summed E-state index contributed by atoms with van der Waals surface area (Å²) in [6.45, 7) is 2.03. The molecule has 0 aliphatic heterocycles. The first-order valence-electron chi connectivity index (χ1n) is 6.37. The van der Waals surface area contributed by atoms with E-state index in [0.29, 0.717) is 10.0 Å². The van der Waals surface area contributed by atoms with Gasteiger partial charge in [0.25, 0.3) is 0 Å². The minimum absolute atomic E-state index is 0.586. The number of rotatable bonds is 3. The first kappa shape index (κ1) is 16.1. The van der Waals surface area contributed by atoms with Crippen LogP contribution in [0.2, 0.25) is 15.1 Å². The van der Waals surface area contributed by atoms with E-state index < -0.39 is 0 Å². The van der Waals surface area contributed by atoms with Gasteiger partial charge in [-0.25, -0.2) is 0 Å². The Morgan fingerprint density at radius 1 is 0.952 bits per heavy atom. The Morgan fingerprint density at radius 3 is 2.14 bits per heavy atom. The lowest BCUT2D eigenvalue weighted by Gasteiger charge is -2.07. The number of aliphatic imine (C=N–C) groups is 1. The van der Waals surface area contributed by atoms with Gasteiger partial charge in [-0.2, -0.15) is 0 Å². The van der Waals surface area contributed by atoms with Crippen molar-refractivity contribution in [3.8, 4) is 0 Å². The van der Waals surface area contributed by atoms with Crippen molar-refractivity contribution in [1.82, 2.24) is 0 Å². The first-order chi connectivity index (χ1) is 10.0. The molecule has 21 heavy (non-hydrogen) atoms. The van der Waals surface area contributed by atoms with Crippen molar-refractivity contribution >= 4 is 46.1 Å². The number of benzene rings is 2. The van der Waals surface area contributed by atoms with Crippen LogP contribution in [0, 0.1) is 0 Å². The molecule has 0 N–H and O–H groups in total. The molecule has 0 saturated carbocycles. The van der Waals surface area contributed by atoms with Crippen LogP contribution in [-0.2, 0) is 0 Å². The lowest BCUT2D eigenvalue weighted by atomic mass is 10.0. The van der Waals surface area contributed by atoms with E-state index in [0.717, 1.165) is 27.4 Å². The predicted octanol–water partition coefficient (Wildman–Crippen LogP) is 6.17. The van der Waals surface area contributed by atoms with Gasteiger partial charge in [-0.1, -0.05) is 46.9 Å². The van der Waals surface area contributed by atoms with Crippen LogP contribution in [-0.4, -0.2) is 12.8 Å². The molecule has 0 bridgehead atoms. The Balaban J connectivity index is 2.38. The van der Waals surface area contributed by atoms with E-state index in [9.17, 15) is 0 Å². The van der Waals surface area contributed by atoms with Crippen LogP contribution in [0.3, 0.4) is 0 Å². The lowest BCUT2D eigenvalue weighted by molar-refractivity contribution is 1.43. The SMILES string of the molecule is CN=C(/C=C(\C)c1ccc(Cl)cc1)c1ccc(Cl)cc1Cl. The van der Waals surface area contributed by atoms with Crippen LogP contribution in [0.5, 0.6) is 0 Å². The molecule has 4 heteroatoms. The molecule has 2 aromatic rings. The molecule has 0 heterocycles. The second-order valence-electron chi connectivity index (χ2n) is 4.57. The summed E-state index contributed by atoms with van der Waals surface area (Å²) >= 11 is 18.1. The quantitative estimate of drug-likeness (QED) is 0.593. The monoisotopic (exact) mass is 337 g/mol. The lowest BCUT2D eigenvalue weighted by Crippen LogP contribution is -1.99. The van der Waals surface area contributed by atoms with Crippen molar-refractivity contribution in [2.24, 2.45) is 4.99 Å². The molecule has 2 aromatic carbocycles. The summed E-state index contributed by atoms with van der Waals surface area (Å²) in [5.41, 5.74) is 3.84. The van der Waals surface area contributed by atoms with Crippen molar-refractivity contribution in [2.45, 2.75) is 6.92 Å². The van der Waals surface area contributed by atoms with Gasteiger partial charge in [0.2, 0.25) is 0 Å². The van der Waals surface area contributed by atoms with Gasteiger partial charge in [-0.15, -0.1) is 0 Å². The number of hydrogen-bond acceptors (Lipinski definition) is 1. The zero-order valence-electron chi connectivity index (χ0n) is 11.7. The molecule has 2 rings (SSSR count). The van der Waals surface area contributed by atoms with E-state index in [2.05, 4.69) is 4.99 Å². The number of nitrogens with zero attached hydrogens (tertiary/aromatic N) is 1. The smallest absolute Gasteiger partial charge is 0.0661 e. The zero-order chi connectivity index (χ0) is 15.4. The van der Waals surface area contributed by atoms with Gasteiger partial charge < -0.3 is 0 Å². The molecule has 0 spiro atoms. The van der Waals surface area contributed by atoms with Crippen molar-refractivity contribution in [3.63, 3.8) is 0 Å². The Labute approximate surface area is 139 Å². The van der Waals surface area contributed by atoms with Gasteiger partial charge >= 0.3 is 0 Å². The Bertz CT molecular complexity index is 700. The van der Waals surface area contributed by atoms with E-state index in [1.54, 1.807) is 19.2 Å². The molecule has 0 fully saturated rings. The summed E-state index contributed by atoms with van der Waals surface area (Å²) in [6.07, 6.45) is 2.00. The molecule has 0 saturated heterocycles. The highest BCUT2D eigenvalue weighted by Crippen LogP contribution is 2.24. The summed E-state index contributed by atoms with van der Waals surface area (Å²) in [7, 11) is 1.74. The molecule has 0 amide bonds. The highest BCUT2D eigenvalue weighted by Gasteiger charge is 2.07. The fraction of sp³-hybridized carbons (Fsp3) is 0.118. The third-order valence-electron chi connectivity index (χ3n) is 3.10. The second kappa shape index (κ2) is 7.13. The Morgan fingerprint density at radius 2 is 1.57 bits per heavy atom. The van der Waals surface area contributed by atoms with Crippen LogP contribution >= 0.6 is 34.8 Å². The van der Waals surface area contributed by atoms with E-state index in [1.807, 2.05) is 43.3 Å². The van der Waals surface area contributed by atoms with Crippen LogP contribution in [0.1, 0.15) is 18.1 Å². The number of hydrogen-bond donors (Lipinski definition) is 0. The minimum Gasteiger partial charge on any atom is -0.288 e. The summed E-state index contributed by atoms with van der Waals surface area (Å²) in [4.78, 5) is 4.32. The van der Waals surface area contributed by atoms with Gasteiger partial charge in [-0.05, 0) is 54.5 Å². The average molecular weight is 339 g/mol. The van der Waals surface area contributed by atoms with Crippen molar-refractivity contribution in [1.29, 1.82) is 0 Å². The highest BCUT2D eigenvalue weighted by molar-refractivity contribution is 6.37. The van der Waals surface area contributed by atoms with Crippen molar-refractivity contribution in [3.05, 3.63) is 74.7 Å². The number of halogens is 3. The van der Waals surface area contributed by atoms with Crippen LogP contribution < -0.4 is 0 Å². The van der Waals surface area contributed by atoms with E-state index in [-0.39, 0.29) is 0 Å². The first-order valence-corrected chi connectivity index (χ1v) is 7.51. The molecular weight excluding hydrogens is 325 g/mol. The highest BCUT2D eigenvalue weighted by atomic mass is 35.5. The second-order valence-corrected chi connectivity index (χ2v) is 5.85. The molecular formula is C17H14Cl3N. The summed E-state index contributed by atoms with van der Waals surface area (Å²) in [5, 5.41) is 1.91. The molecule has 0 aromatic heterocycles. The molecule has 0 aliphatic carbocycles. The summed E-state index contributed by atoms with van der Waals surface area (Å²) in [5.74, 6) is 0. The van der Waals surface area contributed by atoms with Crippen molar-refractivity contribution in [2.75, 3.05) is 7.05 Å². The third-order valence-corrected chi connectivity index (χ3v) is 3.90. The van der Waals surface area contributed by atoms with Crippen LogP contribution in [0.15, 0.2) is 53.5 Å². The number of allylic oxidation sites excluding steroid dienone is 2. The summed E-state index contributed by atoms with van der Waals surface area (Å²) < 4.78 is 0. The van der Waals surface area contributed by atoms with Gasteiger partial charge in [0.05, 0.1) is 10.7 Å². The maximum absolute atomic E-state index is 6.24. The minimum atomic E-state index is 0.586. The van der Waals surface area contributed by atoms with E-state index >= 15 is 0 Å². The van der Waals surface area contributed by atoms with Gasteiger partial charge in [0.1, 0.15) is 0 Å². The fourth-order valence-corrected chi connectivity index (χ4v) is 2.59. The van der Waals surface area contributed by atoms with Crippen molar-refractivity contribution < 1.29 is 0 Å². The topological polar surface area (TPSA) is 12.4 Å². The maximum Gasteiger partial charge on any atom is 0.0661 e. The largest absolute Gasteiger partial charge is 0.288 e. The normalized spacial score (nSPS) is 12.6. The van der Waals surface area contributed by atoms with Crippen LogP contribution in [0.25, 0.3) is 5.57 Å². The molecule has 0 atom stereocenters. The molecule has 1 nitrogen and oxygen atoms in total. The van der Waals surface area contributed by atoms with Gasteiger partial charge in [0.15, 0.2) is 0 Å². The third kappa shape index (κ3) is 4.10. The average Bonchev–Trinajstić information content (AvgIpc) is 2.46. The van der Waals surface area contributed by atoms with Crippen LogP contribution in [0.4, 0.5) is 0 Å². The predicted molar refractivity (Wildman–Crippen MR) is 94.0 cm³/mol. The van der Waals surface area contributed by atoms with Gasteiger partial charge in [-0.3, -0.25) is 4.99 Å². The molecule has 0 radical (unpaired) electrons. The standard InChI is InChI=1S/C17H14Cl3N/c1-11(12-3-5-13(18)6-4-12)9-17(21-2)15-8-7-14(19)10-16(15)20/h3-10H,1-2H3/b11-9+,21-17?. The molecule has 0 unspecified atom stereocenters. The fourth-order valence-electron chi connectivity index (χ4n) is 1.96. The Hall–Kier alpha value is -1.28. The maximum atomic E-state index is 6.24. The Kier molecular flexibility index (Phi) is 5.46.